The van der Waals surface area contributed by atoms with Gasteiger partial charge in [0.1, 0.15) is 19.0 Å². The van der Waals surface area contributed by atoms with Crippen LogP contribution in [0.3, 0.4) is 0 Å². The van der Waals surface area contributed by atoms with E-state index < -0.39 is 6.08 Å². The number of nitrogens with zero attached hydrogens (tertiary/aromatic N) is 5. The average molecular weight is 456 g/mol. The lowest BCUT2D eigenvalue weighted by Gasteiger charge is -2.22. The number of halogens is 1. The molecule has 9 nitrogen and oxygen atoms in total. The van der Waals surface area contributed by atoms with Crippen molar-refractivity contribution < 1.29 is 13.9 Å². The molecule has 5 rings (SSSR count). The van der Waals surface area contributed by atoms with Crippen molar-refractivity contribution in [3.8, 4) is 11.5 Å². The van der Waals surface area contributed by atoms with E-state index in [9.17, 15) is 4.39 Å². The van der Waals surface area contributed by atoms with E-state index in [4.69, 9.17) is 20.2 Å². The molecule has 0 saturated carbocycles. The molecule has 2 aliphatic rings. The van der Waals surface area contributed by atoms with Crippen molar-refractivity contribution in [2.24, 2.45) is 5.41 Å². The number of nitrogen functional groups attached to an aromatic ring is 1. The van der Waals surface area contributed by atoms with Crippen LogP contribution in [0.15, 0.2) is 12.1 Å². The van der Waals surface area contributed by atoms with E-state index in [0.717, 1.165) is 48.2 Å². The smallest absolute Gasteiger partial charge is 0.312 e. The minimum Gasteiger partial charge on any atom is -0.486 e. The number of nitrogens with one attached hydrogen (secondary N) is 1. The molecule has 1 saturated heterocycles. The molecular weight excluding hydrogens is 425 g/mol. The highest BCUT2D eigenvalue weighted by atomic mass is 19.1. The van der Waals surface area contributed by atoms with Crippen molar-refractivity contribution >= 4 is 22.7 Å². The molecule has 2 aromatic heterocycles. The maximum absolute atomic E-state index is 14.0. The molecule has 3 N–H and O–H groups in total. The third kappa shape index (κ3) is 4.66. The van der Waals surface area contributed by atoms with Crippen molar-refractivity contribution in [2.75, 3.05) is 50.0 Å². The predicted octanol–water partition coefficient (Wildman–Crippen LogP) is 2.37. The van der Waals surface area contributed by atoms with Gasteiger partial charge in [-0.2, -0.15) is 14.4 Å². The largest absolute Gasteiger partial charge is 0.486 e. The van der Waals surface area contributed by atoms with Gasteiger partial charge in [0.25, 0.3) is 0 Å². The Morgan fingerprint density at radius 3 is 2.52 bits per heavy atom. The van der Waals surface area contributed by atoms with Crippen LogP contribution in [-0.4, -0.2) is 58.9 Å². The van der Waals surface area contributed by atoms with Crippen LogP contribution in [0.1, 0.15) is 32.2 Å². The summed E-state index contributed by atoms with van der Waals surface area (Å²) in [5, 5.41) is 3.47. The van der Waals surface area contributed by atoms with Crippen LogP contribution in [-0.2, 0) is 13.0 Å². The molecule has 2 aliphatic heterocycles. The first-order valence-electron chi connectivity index (χ1n) is 11.3. The van der Waals surface area contributed by atoms with Crippen LogP contribution in [0.2, 0.25) is 0 Å². The molecule has 3 aromatic rings. The molecular formula is C23H30FN7O2. The summed E-state index contributed by atoms with van der Waals surface area (Å²) < 4.78 is 27.6. The molecule has 1 aromatic carbocycles. The van der Waals surface area contributed by atoms with Crippen molar-refractivity contribution in [2.45, 2.75) is 33.7 Å². The maximum atomic E-state index is 14.0. The van der Waals surface area contributed by atoms with E-state index in [1.165, 1.54) is 0 Å². The molecule has 0 radical (unpaired) electrons. The number of hydrogen-bond acceptors (Lipinski definition) is 8. The Labute approximate surface area is 192 Å². The van der Waals surface area contributed by atoms with Crippen LogP contribution in [0.5, 0.6) is 11.5 Å². The van der Waals surface area contributed by atoms with Crippen LogP contribution in [0.25, 0.3) is 11.2 Å². The molecule has 0 bridgehead atoms. The first kappa shape index (κ1) is 21.7. The minimum atomic E-state index is -0.848. The molecule has 33 heavy (non-hydrogen) atoms. The Kier molecular flexibility index (Phi) is 5.48. The average Bonchev–Trinajstić information content (AvgIpc) is 3.54. The molecule has 176 valence electrons. The third-order valence-corrected chi connectivity index (χ3v) is 5.72. The van der Waals surface area contributed by atoms with Gasteiger partial charge in [0, 0.05) is 50.9 Å². The molecule has 10 heteroatoms. The van der Waals surface area contributed by atoms with Gasteiger partial charge in [0.05, 0.1) is 0 Å². The van der Waals surface area contributed by atoms with E-state index in [1.54, 1.807) is 0 Å². The third-order valence-electron chi connectivity index (χ3n) is 5.72. The van der Waals surface area contributed by atoms with Crippen LogP contribution in [0, 0.1) is 11.5 Å². The second-order valence-corrected chi connectivity index (χ2v) is 9.76. The van der Waals surface area contributed by atoms with Gasteiger partial charge < -0.3 is 30.0 Å². The van der Waals surface area contributed by atoms with Gasteiger partial charge in [-0.05, 0) is 17.0 Å². The van der Waals surface area contributed by atoms with Gasteiger partial charge in [-0.1, -0.05) is 20.8 Å². The first-order valence-corrected chi connectivity index (χ1v) is 11.3. The van der Waals surface area contributed by atoms with Crippen LogP contribution < -0.4 is 25.4 Å². The van der Waals surface area contributed by atoms with Crippen LogP contribution >= 0.6 is 0 Å². The Balaban J connectivity index is 1.50. The zero-order chi connectivity index (χ0) is 23.2. The summed E-state index contributed by atoms with van der Waals surface area (Å²) in [5.41, 5.74) is 9.18. The van der Waals surface area contributed by atoms with Crippen molar-refractivity contribution in [1.29, 1.82) is 0 Å². The summed E-state index contributed by atoms with van der Waals surface area (Å²) in [6, 6.07) is 4.07. The second kappa shape index (κ2) is 8.33. The fourth-order valence-corrected chi connectivity index (χ4v) is 4.08. The van der Waals surface area contributed by atoms with E-state index in [1.807, 2.05) is 16.7 Å². The highest BCUT2D eigenvalue weighted by Crippen LogP contribution is 2.40. The highest BCUT2D eigenvalue weighted by molar-refractivity contribution is 5.82. The van der Waals surface area contributed by atoms with Gasteiger partial charge in [-0.3, -0.25) is 0 Å². The van der Waals surface area contributed by atoms with E-state index in [0.29, 0.717) is 43.9 Å². The summed E-state index contributed by atoms with van der Waals surface area (Å²) in [4.78, 5) is 14.7. The number of hydrogen-bond donors (Lipinski definition) is 2. The Morgan fingerprint density at radius 2 is 1.82 bits per heavy atom. The SMILES string of the molecule is CC(C)(C)CNCCn1c(Cc2cc3c(cc2N2CC2)OCCO3)nc2c(N)nc(F)nc21. The monoisotopic (exact) mass is 455 g/mol. The number of nitrogens with two attached hydrogens (primary N) is 1. The number of anilines is 2. The van der Waals surface area contributed by atoms with Gasteiger partial charge in [0.15, 0.2) is 28.5 Å². The predicted molar refractivity (Wildman–Crippen MR) is 124 cm³/mol. The minimum absolute atomic E-state index is 0.0495. The summed E-state index contributed by atoms with van der Waals surface area (Å²) >= 11 is 0. The van der Waals surface area contributed by atoms with E-state index >= 15 is 0 Å². The molecule has 0 amide bonds. The number of imidazole rings is 1. The van der Waals surface area contributed by atoms with Gasteiger partial charge >= 0.3 is 6.08 Å². The number of aromatic nitrogens is 4. The maximum Gasteiger partial charge on any atom is 0.312 e. The molecule has 0 atom stereocenters. The summed E-state index contributed by atoms with van der Waals surface area (Å²) in [7, 11) is 0. The fraction of sp³-hybridized carbons (Fsp3) is 0.522. The number of fused-ring (bicyclic) bond motifs is 2. The first-order chi connectivity index (χ1) is 15.8. The zero-order valence-electron chi connectivity index (χ0n) is 19.3. The quantitative estimate of drug-likeness (QED) is 0.318. The Morgan fingerprint density at radius 1 is 1.09 bits per heavy atom. The molecule has 1 fully saturated rings. The van der Waals surface area contributed by atoms with Crippen molar-refractivity contribution in [3.05, 3.63) is 29.6 Å². The normalized spacial score (nSPS) is 15.3. The fourth-order valence-electron chi connectivity index (χ4n) is 4.08. The lowest BCUT2D eigenvalue weighted by atomic mass is 9.97. The molecule has 0 spiro atoms. The summed E-state index contributed by atoms with van der Waals surface area (Å²) in [6.07, 6.45) is -0.321. The van der Waals surface area contributed by atoms with Gasteiger partial charge in [-0.25, -0.2) is 4.98 Å². The highest BCUT2D eigenvalue weighted by Gasteiger charge is 2.26. The lowest BCUT2D eigenvalue weighted by molar-refractivity contribution is 0.171. The molecule has 0 aliphatic carbocycles. The number of rotatable bonds is 7. The second-order valence-electron chi connectivity index (χ2n) is 9.76. The summed E-state index contributed by atoms with van der Waals surface area (Å²) in [5.74, 6) is 2.31. The summed E-state index contributed by atoms with van der Waals surface area (Å²) in [6.45, 7) is 11.8. The Bertz CT molecular complexity index is 1180. The Hall–Kier alpha value is -3.14. The topological polar surface area (TPSA) is 103 Å². The van der Waals surface area contributed by atoms with Gasteiger partial charge in [-0.15, -0.1) is 0 Å². The van der Waals surface area contributed by atoms with Gasteiger partial charge in [0.2, 0.25) is 0 Å². The molecule has 0 unspecified atom stereocenters. The van der Waals surface area contributed by atoms with Crippen molar-refractivity contribution in [3.63, 3.8) is 0 Å². The number of ether oxygens (including phenoxy) is 2. The molecule has 4 heterocycles. The lowest BCUT2D eigenvalue weighted by Crippen LogP contribution is -2.30. The zero-order valence-corrected chi connectivity index (χ0v) is 19.3. The van der Waals surface area contributed by atoms with Crippen molar-refractivity contribution in [1.82, 2.24) is 24.8 Å². The van der Waals surface area contributed by atoms with Crippen LogP contribution in [0.4, 0.5) is 15.9 Å². The van der Waals surface area contributed by atoms with E-state index in [2.05, 4.69) is 41.0 Å². The van der Waals surface area contributed by atoms with E-state index in [-0.39, 0.29) is 11.2 Å². The standard InChI is InChI=1S/C23H30FN7O2/c1-23(2,3)13-26-4-5-31-18(27-19-20(25)28-22(24)29-21(19)31)11-14-10-16-17(33-9-8-32-16)12-15(14)30-6-7-30/h10,12,26H,4-9,11,13H2,1-3H3,(H2,25,28,29). The number of benzene rings is 1.